The maximum absolute atomic E-state index is 13.3. The van der Waals surface area contributed by atoms with Gasteiger partial charge in [0, 0.05) is 29.8 Å². The summed E-state index contributed by atoms with van der Waals surface area (Å²) < 4.78 is 71.6. The van der Waals surface area contributed by atoms with E-state index in [-0.39, 0.29) is 40.9 Å². The highest BCUT2D eigenvalue weighted by atomic mass is 32.2. The molecule has 38 heavy (non-hydrogen) atoms. The number of aromatic nitrogens is 2. The standard InChI is InChI=1S/C25H21F3N4O5S/c26-25(27,28)16-7-8-19(30-12-16)18-11-17(29-14-21(18)33)13-31-24(34)20-5-3-9-32(20)38(35,36)23-10-15-4-1-2-6-22(15)37-23/h1-2,4,6-8,10-12,14,20,33H,3,5,9,13H2,(H,31,34)/t20-/m0/s1. The van der Waals surface area contributed by atoms with Gasteiger partial charge in [0.15, 0.2) is 0 Å². The SMILES string of the molecule is O=C(NCc1cc(-c2ccc(C(F)(F)F)cn2)c(O)cn1)[C@@H]1CCCN1S(=O)(=O)c1cc2ccccc2o1. The fourth-order valence-electron chi connectivity index (χ4n) is 4.30. The fraction of sp³-hybridized carbons (Fsp3) is 0.240. The van der Waals surface area contributed by atoms with E-state index in [4.69, 9.17) is 4.42 Å². The first-order valence-corrected chi connectivity index (χ1v) is 13.0. The van der Waals surface area contributed by atoms with E-state index in [1.54, 1.807) is 24.3 Å². The molecular formula is C25H21F3N4O5S. The molecular weight excluding hydrogens is 525 g/mol. The summed E-state index contributed by atoms with van der Waals surface area (Å²) in [5, 5.41) is 13.2. The number of hydrogen-bond acceptors (Lipinski definition) is 7. The van der Waals surface area contributed by atoms with E-state index < -0.39 is 33.7 Å². The van der Waals surface area contributed by atoms with Crippen LogP contribution in [0.5, 0.6) is 5.75 Å². The highest BCUT2D eigenvalue weighted by Gasteiger charge is 2.41. The van der Waals surface area contributed by atoms with Crippen LogP contribution in [-0.2, 0) is 27.5 Å². The molecule has 0 unspecified atom stereocenters. The van der Waals surface area contributed by atoms with Crippen LogP contribution in [0.1, 0.15) is 24.1 Å². The molecule has 2 N–H and O–H groups in total. The van der Waals surface area contributed by atoms with Crippen LogP contribution in [-0.4, -0.2) is 46.3 Å². The highest BCUT2D eigenvalue weighted by molar-refractivity contribution is 7.89. The van der Waals surface area contributed by atoms with Crippen molar-refractivity contribution in [3.8, 4) is 17.0 Å². The molecule has 1 fully saturated rings. The Morgan fingerprint density at radius 3 is 2.63 bits per heavy atom. The van der Waals surface area contributed by atoms with Crippen molar-refractivity contribution < 1.29 is 35.9 Å². The molecule has 1 aliphatic heterocycles. The van der Waals surface area contributed by atoms with Gasteiger partial charge in [-0.15, -0.1) is 0 Å². The van der Waals surface area contributed by atoms with Crippen LogP contribution in [0.2, 0.25) is 0 Å². The van der Waals surface area contributed by atoms with Crippen LogP contribution in [0.25, 0.3) is 22.2 Å². The fourth-order valence-corrected chi connectivity index (χ4v) is 5.91. The summed E-state index contributed by atoms with van der Waals surface area (Å²) in [6, 6.07) is 10.7. The summed E-state index contributed by atoms with van der Waals surface area (Å²) in [5.74, 6) is -0.836. The number of furan rings is 1. The Morgan fingerprint density at radius 2 is 1.92 bits per heavy atom. The van der Waals surface area contributed by atoms with Crippen LogP contribution >= 0.6 is 0 Å². The van der Waals surface area contributed by atoms with Crippen LogP contribution in [0, 0.1) is 0 Å². The number of carbonyl (C=O) groups excluding carboxylic acids is 1. The number of hydrogen-bond donors (Lipinski definition) is 2. The van der Waals surface area contributed by atoms with Crippen molar-refractivity contribution in [3.05, 3.63) is 72.2 Å². The Morgan fingerprint density at radius 1 is 1.13 bits per heavy atom. The third-order valence-electron chi connectivity index (χ3n) is 6.22. The summed E-state index contributed by atoms with van der Waals surface area (Å²) in [6.45, 7) is 0.0421. The molecule has 0 radical (unpaired) electrons. The minimum atomic E-state index is -4.55. The summed E-state index contributed by atoms with van der Waals surface area (Å²) in [7, 11) is -4.07. The zero-order valence-corrected chi connectivity index (χ0v) is 20.5. The Labute approximate surface area is 215 Å². The van der Waals surface area contributed by atoms with Gasteiger partial charge in [0.2, 0.25) is 11.0 Å². The monoisotopic (exact) mass is 546 g/mol. The number of amides is 1. The molecule has 0 bridgehead atoms. The van der Waals surface area contributed by atoms with Crippen molar-refractivity contribution in [2.45, 2.75) is 36.7 Å². The molecule has 1 aromatic carbocycles. The lowest BCUT2D eigenvalue weighted by atomic mass is 10.1. The second kappa shape index (κ2) is 9.72. The molecule has 0 saturated carbocycles. The predicted molar refractivity (Wildman–Crippen MR) is 129 cm³/mol. The van der Waals surface area contributed by atoms with Crippen molar-refractivity contribution >= 4 is 26.9 Å². The number of aromatic hydroxyl groups is 1. The van der Waals surface area contributed by atoms with Gasteiger partial charge in [-0.3, -0.25) is 14.8 Å². The maximum atomic E-state index is 13.3. The third-order valence-corrected chi connectivity index (χ3v) is 7.99. The van der Waals surface area contributed by atoms with E-state index in [1.165, 1.54) is 12.1 Å². The molecule has 1 atom stereocenters. The molecule has 4 heterocycles. The first-order valence-electron chi connectivity index (χ1n) is 11.5. The lowest BCUT2D eigenvalue weighted by molar-refractivity contribution is -0.137. The second-order valence-electron chi connectivity index (χ2n) is 8.72. The Balaban J connectivity index is 1.30. The number of alkyl halides is 3. The number of rotatable bonds is 6. The van der Waals surface area contributed by atoms with Crippen molar-refractivity contribution in [1.29, 1.82) is 0 Å². The van der Waals surface area contributed by atoms with Gasteiger partial charge in [-0.1, -0.05) is 18.2 Å². The quantitative estimate of drug-likeness (QED) is 0.373. The number of nitrogens with one attached hydrogen (secondary N) is 1. The number of benzene rings is 1. The summed E-state index contributed by atoms with van der Waals surface area (Å²) >= 11 is 0. The molecule has 13 heteroatoms. The number of para-hydroxylation sites is 1. The van der Waals surface area contributed by atoms with Crippen molar-refractivity contribution in [1.82, 2.24) is 19.6 Å². The van der Waals surface area contributed by atoms with Gasteiger partial charge in [-0.2, -0.15) is 17.5 Å². The van der Waals surface area contributed by atoms with Gasteiger partial charge in [-0.05, 0) is 37.1 Å². The molecule has 4 aromatic rings. The van der Waals surface area contributed by atoms with Crippen molar-refractivity contribution in [2.24, 2.45) is 0 Å². The smallest absolute Gasteiger partial charge is 0.417 e. The minimum absolute atomic E-state index is 0.0874. The van der Waals surface area contributed by atoms with E-state index >= 15 is 0 Å². The van der Waals surface area contributed by atoms with Crippen LogP contribution in [0.3, 0.4) is 0 Å². The molecule has 5 rings (SSSR count). The molecule has 1 amide bonds. The zero-order valence-electron chi connectivity index (χ0n) is 19.6. The number of halogens is 3. The second-order valence-corrected chi connectivity index (χ2v) is 10.5. The van der Waals surface area contributed by atoms with Crippen molar-refractivity contribution in [3.63, 3.8) is 0 Å². The predicted octanol–water partition coefficient (Wildman–Crippen LogP) is 4.08. The molecule has 1 aliphatic rings. The first kappa shape index (κ1) is 25.7. The maximum Gasteiger partial charge on any atom is 0.417 e. The Bertz CT molecular complexity index is 1570. The zero-order chi connectivity index (χ0) is 27.1. The molecule has 3 aromatic heterocycles. The minimum Gasteiger partial charge on any atom is -0.506 e. The number of fused-ring (bicyclic) bond motifs is 1. The molecule has 9 nitrogen and oxygen atoms in total. The lowest BCUT2D eigenvalue weighted by Crippen LogP contribution is -2.45. The highest BCUT2D eigenvalue weighted by Crippen LogP contribution is 2.33. The first-order chi connectivity index (χ1) is 18.0. The number of carbonyl (C=O) groups is 1. The van der Waals surface area contributed by atoms with Gasteiger partial charge in [0.1, 0.15) is 17.4 Å². The molecule has 0 spiro atoms. The molecule has 1 saturated heterocycles. The summed E-state index contributed by atoms with van der Waals surface area (Å²) in [4.78, 5) is 20.8. The molecule has 198 valence electrons. The normalized spacial score (nSPS) is 16.7. The number of nitrogens with zero attached hydrogens (tertiary/aromatic N) is 3. The van der Waals surface area contributed by atoms with E-state index in [0.29, 0.717) is 30.0 Å². The molecule has 0 aliphatic carbocycles. The Kier molecular flexibility index (Phi) is 6.57. The third kappa shape index (κ3) is 4.94. The van der Waals surface area contributed by atoms with Crippen LogP contribution < -0.4 is 5.32 Å². The topological polar surface area (TPSA) is 126 Å². The average molecular weight is 547 g/mol. The van der Waals surface area contributed by atoms with E-state index in [9.17, 15) is 31.5 Å². The van der Waals surface area contributed by atoms with E-state index in [0.717, 1.165) is 22.6 Å². The largest absolute Gasteiger partial charge is 0.506 e. The lowest BCUT2D eigenvalue weighted by Gasteiger charge is -2.22. The van der Waals surface area contributed by atoms with Crippen LogP contribution in [0.4, 0.5) is 13.2 Å². The van der Waals surface area contributed by atoms with Crippen molar-refractivity contribution in [2.75, 3.05) is 6.54 Å². The average Bonchev–Trinajstić information content (AvgIpc) is 3.56. The number of sulfonamides is 1. The van der Waals surface area contributed by atoms with Gasteiger partial charge in [-0.25, -0.2) is 8.42 Å². The van der Waals surface area contributed by atoms with Gasteiger partial charge >= 0.3 is 6.18 Å². The van der Waals surface area contributed by atoms with E-state index in [1.807, 2.05) is 0 Å². The van der Waals surface area contributed by atoms with E-state index in [2.05, 4.69) is 15.3 Å². The number of pyridine rings is 2. The van der Waals surface area contributed by atoms with Gasteiger partial charge in [0.05, 0.1) is 29.7 Å². The Hall–Kier alpha value is -3.97. The van der Waals surface area contributed by atoms with Gasteiger partial charge in [0.25, 0.3) is 10.0 Å². The summed E-state index contributed by atoms with van der Waals surface area (Å²) in [5.41, 5.74) is -0.00106. The summed E-state index contributed by atoms with van der Waals surface area (Å²) in [6.07, 6.45) is -1.99. The van der Waals surface area contributed by atoms with Gasteiger partial charge < -0.3 is 14.8 Å². The van der Waals surface area contributed by atoms with Crippen LogP contribution in [0.15, 0.2) is 70.4 Å².